The first-order chi connectivity index (χ1) is 6.42. The lowest BCUT2D eigenvalue weighted by atomic mass is 10.3. The van der Waals surface area contributed by atoms with E-state index in [1.165, 1.54) is 6.26 Å². The summed E-state index contributed by atoms with van der Waals surface area (Å²) in [5, 5.41) is 1.59. The van der Waals surface area contributed by atoms with Crippen molar-refractivity contribution >= 4 is 12.1 Å². The Bertz CT molecular complexity index is 349. The van der Waals surface area contributed by atoms with Crippen molar-refractivity contribution < 1.29 is 9.53 Å². The molecule has 4 heteroatoms. The Morgan fingerprint density at radius 1 is 1.38 bits per heavy atom. The second-order valence-electron chi connectivity index (χ2n) is 2.49. The van der Waals surface area contributed by atoms with Gasteiger partial charge in [-0.1, -0.05) is 12.1 Å². The molecule has 1 amide bonds. The number of hydrogen-bond acceptors (Lipinski definition) is 3. The lowest BCUT2D eigenvalue weighted by molar-refractivity contribution is -0.109. The number of carbonyl (C=O) groups excluding carboxylic acids is 1. The van der Waals surface area contributed by atoms with Crippen LogP contribution >= 0.6 is 0 Å². The topological polar surface area (TPSA) is 41.6 Å². The second kappa shape index (κ2) is 3.18. The van der Waals surface area contributed by atoms with Crippen molar-refractivity contribution in [2.24, 2.45) is 0 Å². The number of rotatable bonds is 2. The zero-order valence-corrected chi connectivity index (χ0v) is 6.81. The van der Waals surface area contributed by atoms with Crippen molar-refractivity contribution in [3.63, 3.8) is 0 Å². The van der Waals surface area contributed by atoms with Gasteiger partial charge in [-0.25, -0.2) is 0 Å². The van der Waals surface area contributed by atoms with E-state index < -0.39 is 0 Å². The number of hydrazine groups is 1. The van der Waals surface area contributed by atoms with Crippen molar-refractivity contribution in [3.8, 4) is 5.75 Å². The van der Waals surface area contributed by atoms with E-state index in [2.05, 4.69) is 5.43 Å². The molecule has 1 heterocycles. The molecule has 0 unspecified atom stereocenters. The van der Waals surface area contributed by atoms with Crippen LogP contribution in [0, 0.1) is 0 Å². The third-order valence-corrected chi connectivity index (χ3v) is 1.72. The minimum Gasteiger partial charge on any atom is -0.461 e. The summed E-state index contributed by atoms with van der Waals surface area (Å²) in [6, 6.07) is 7.44. The van der Waals surface area contributed by atoms with E-state index >= 15 is 0 Å². The van der Waals surface area contributed by atoms with E-state index in [9.17, 15) is 4.79 Å². The molecule has 13 heavy (non-hydrogen) atoms. The molecule has 1 aliphatic rings. The summed E-state index contributed by atoms with van der Waals surface area (Å²) in [6.45, 7) is 0. The average molecular weight is 176 g/mol. The summed E-state index contributed by atoms with van der Waals surface area (Å²) in [7, 11) is 0. The van der Waals surface area contributed by atoms with E-state index in [1.54, 1.807) is 11.2 Å². The molecule has 0 bridgehead atoms. The summed E-state index contributed by atoms with van der Waals surface area (Å²) < 4.78 is 5.22. The van der Waals surface area contributed by atoms with E-state index in [1.807, 2.05) is 24.3 Å². The summed E-state index contributed by atoms with van der Waals surface area (Å²) in [5.41, 5.74) is 3.34. The molecular weight excluding hydrogens is 168 g/mol. The van der Waals surface area contributed by atoms with Crippen molar-refractivity contribution in [1.29, 1.82) is 0 Å². The lowest BCUT2D eigenvalue weighted by Gasteiger charge is -2.23. The Kier molecular flexibility index (Phi) is 1.88. The van der Waals surface area contributed by atoms with Gasteiger partial charge < -0.3 is 4.74 Å². The lowest BCUT2D eigenvalue weighted by Crippen LogP contribution is -2.33. The van der Waals surface area contributed by atoms with Gasteiger partial charge in [0.05, 0.1) is 6.20 Å². The molecule has 4 nitrogen and oxygen atoms in total. The highest BCUT2D eigenvalue weighted by Gasteiger charge is 2.11. The van der Waals surface area contributed by atoms with Gasteiger partial charge in [0.1, 0.15) is 11.9 Å². The molecule has 0 aromatic heterocycles. The third kappa shape index (κ3) is 1.33. The van der Waals surface area contributed by atoms with E-state index in [0.717, 1.165) is 11.4 Å². The number of fused-ring (bicyclic) bond motifs is 1. The maximum absolute atomic E-state index is 10.3. The molecule has 0 atom stereocenters. The Morgan fingerprint density at radius 3 is 3.08 bits per heavy atom. The summed E-state index contributed by atoms with van der Waals surface area (Å²) in [6.07, 6.45) is 3.77. The average Bonchev–Trinajstić information content (AvgIpc) is 2.19. The van der Waals surface area contributed by atoms with Crippen LogP contribution in [0.2, 0.25) is 0 Å². The smallest absolute Gasteiger partial charge is 0.226 e. The molecular formula is C9H8N2O2. The Hall–Kier alpha value is -1.97. The molecule has 0 spiro atoms. The fourth-order valence-corrected chi connectivity index (χ4v) is 1.17. The Morgan fingerprint density at radius 2 is 2.23 bits per heavy atom. The maximum Gasteiger partial charge on any atom is 0.226 e. The van der Waals surface area contributed by atoms with Gasteiger partial charge in [0.15, 0.2) is 5.75 Å². The number of ether oxygens (including phenoxy) is 1. The van der Waals surface area contributed by atoms with E-state index in [-0.39, 0.29) is 0 Å². The third-order valence-electron chi connectivity index (χ3n) is 1.72. The van der Waals surface area contributed by atoms with Crippen LogP contribution in [-0.2, 0) is 4.79 Å². The highest BCUT2D eigenvalue weighted by Crippen LogP contribution is 2.29. The Balaban J connectivity index is 2.36. The predicted molar refractivity (Wildman–Crippen MR) is 47.9 cm³/mol. The van der Waals surface area contributed by atoms with E-state index in [4.69, 9.17) is 4.74 Å². The van der Waals surface area contributed by atoms with Crippen LogP contribution in [0.25, 0.3) is 0 Å². The zero-order chi connectivity index (χ0) is 9.10. The van der Waals surface area contributed by atoms with Crippen LogP contribution in [0.4, 0.5) is 5.69 Å². The van der Waals surface area contributed by atoms with Crippen molar-refractivity contribution in [2.45, 2.75) is 0 Å². The molecule has 1 N–H and O–H groups in total. The summed E-state index contributed by atoms with van der Waals surface area (Å²) in [4.78, 5) is 10.3. The van der Waals surface area contributed by atoms with Crippen molar-refractivity contribution in [2.75, 3.05) is 5.01 Å². The fraction of sp³-hybridized carbons (Fsp3) is 0. The van der Waals surface area contributed by atoms with Gasteiger partial charge in [0.25, 0.3) is 0 Å². The van der Waals surface area contributed by atoms with Crippen molar-refractivity contribution in [1.82, 2.24) is 5.43 Å². The van der Waals surface area contributed by atoms with Crippen LogP contribution in [0.5, 0.6) is 5.75 Å². The van der Waals surface area contributed by atoms with Gasteiger partial charge in [0, 0.05) is 0 Å². The number of para-hydroxylation sites is 2. The van der Waals surface area contributed by atoms with Gasteiger partial charge in [-0.15, -0.1) is 0 Å². The number of nitrogens with one attached hydrogen (secondary N) is 1. The van der Waals surface area contributed by atoms with Crippen LogP contribution in [0.1, 0.15) is 0 Å². The first kappa shape index (κ1) is 7.67. The van der Waals surface area contributed by atoms with Crippen LogP contribution in [0.15, 0.2) is 36.7 Å². The molecule has 1 aliphatic heterocycles. The first-order valence-corrected chi connectivity index (χ1v) is 3.83. The molecule has 0 saturated heterocycles. The largest absolute Gasteiger partial charge is 0.461 e. The number of carbonyl (C=O) groups is 1. The van der Waals surface area contributed by atoms with Crippen LogP contribution in [0.3, 0.4) is 0 Å². The zero-order valence-electron chi connectivity index (χ0n) is 6.81. The summed E-state index contributed by atoms with van der Waals surface area (Å²) in [5.74, 6) is 0.722. The van der Waals surface area contributed by atoms with Crippen LogP contribution < -0.4 is 15.2 Å². The number of anilines is 1. The molecule has 0 radical (unpaired) electrons. The predicted octanol–water partition coefficient (Wildman–Crippen LogP) is 1.02. The number of hydrogen-bond donors (Lipinski definition) is 1. The molecule has 2 rings (SSSR count). The molecule has 0 fully saturated rings. The minimum absolute atomic E-state index is 0.617. The second-order valence-corrected chi connectivity index (χ2v) is 2.49. The first-order valence-electron chi connectivity index (χ1n) is 3.83. The standard InChI is InChI=1S/C9H8N2O2/c12-7-10-11-5-6-13-9-4-2-1-3-8(9)11/h1-7H,(H,10,12). The normalized spacial score (nSPS) is 13.1. The fourth-order valence-electron chi connectivity index (χ4n) is 1.17. The Labute approximate surface area is 75.4 Å². The maximum atomic E-state index is 10.3. The van der Waals surface area contributed by atoms with E-state index in [0.29, 0.717) is 6.41 Å². The molecule has 0 aliphatic carbocycles. The van der Waals surface area contributed by atoms with Gasteiger partial charge in [0.2, 0.25) is 6.41 Å². The number of benzene rings is 1. The highest BCUT2D eigenvalue weighted by atomic mass is 16.5. The van der Waals surface area contributed by atoms with Crippen LogP contribution in [-0.4, -0.2) is 6.41 Å². The highest BCUT2D eigenvalue weighted by molar-refractivity contribution is 5.64. The van der Waals surface area contributed by atoms with Crippen molar-refractivity contribution in [3.05, 3.63) is 36.7 Å². The van der Waals surface area contributed by atoms with Gasteiger partial charge in [-0.3, -0.25) is 15.2 Å². The molecule has 0 saturated carbocycles. The molecule has 1 aromatic rings. The SMILES string of the molecule is O=CNN1C=COc2ccccc21. The minimum atomic E-state index is 0.617. The van der Waals surface area contributed by atoms with Gasteiger partial charge in [-0.2, -0.15) is 0 Å². The monoisotopic (exact) mass is 176 g/mol. The van der Waals surface area contributed by atoms with Gasteiger partial charge in [-0.05, 0) is 12.1 Å². The quantitative estimate of drug-likeness (QED) is 0.684. The number of nitrogens with zero attached hydrogens (tertiary/aromatic N) is 1. The van der Waals surface area contributed by atoms with Gasteiger partial charge >= 0.3 is 0 Å². The molecule has 66 valence electrons. The number of amides is 1. The molecule has 1 aromatic carbocycles. The summed E-state index contributed by atoms with van der Waals surface area (Å²) >= 11 is 0.